The van der Waals surface area contributed by atoms with Gasteiger partial charge in [0.15, 0.2) is 0 Å². The second-order valence-electron chi connectivity index (χ2n) is 7.97. The van der Waals surface area contributed by atoms with Crippen molar-refractivity contribution < 1.29 is 0 Å². The molecule has 4 bridgehead atoms. The van der Waals surface area contributed by atoms with E-state index in [2.05, 4.69) is 13.8 Å². The van der Waals surface area contributed by atoms with Crippen LogP contribution in [0.4, 0.5) is 0 Å². The van der Waals surface area contributed by atoms with Crippen molar-refractivity contribution in [1.82, 2.24) is 0 Å². The molecule has 0 aromatic carbocycles. The molecule has 0 saturated heterocycles. The lowest BCUT2D eigenvalue weighted by atomic mass is 9.40. The molecule has 6 aliphatic rings. The first kappa shape index (κ1) is 9.97. The fourth-order valence-corrected chi connectivity index (χ4v) is 6.59. The number of hydrogen-bond donors (Lipinski definition) is 0. The van der Waals surface area contributed by atoms with Crippen molar-refractivity contribution in [3.63, 3.8) is 0 Å². The molecule has 6 fully saturated rings. The van der Waals surface area contributed by atoms with Gasteiger partial charge in [-0.25, -0.2) is 0 Å². The van der Waals surface area contributed by atoms with E-state index in [0.717, 1.165) is 29.6 Å². The molecule has 0 heteroatoms. The Balaban J connectivity index is 1.74. The van der Waals surface area contributed by atoms with Crippen LogP contribution in [0.1, 0.15) is 58.8 Å². The molecule has 0 aliphatic heterocycles. The normalized spacial score (nSPS) is 57.4. The molecule has 0 heterocycles. The Morgan fingerprint density at radius 3 is 1.88 bits per heavy atom. The van der Waals surface area contributed by atoms with E-state index in [-0.39, 0.29) is 0 Å². The summed E-state index contributed by atoms with van der Waals surface area (Å²) in [4.78, 5) is 0. The molecule has 6 aliphatic carbocycles. The van der Waals surface area contributed by atoms with Crippen molar-refractivity contribution >= 4 is 0 Å². The van der Waals surface area contributed by atoms with Gasteiger partial charge in [-0.15, -0.1) is 0 Å². The Morgan fingerprint density at radius 1 is 0.688 bits per heavy atom. The van der Waals surface area contributed by atoms with Crippen LogP contribution in [0.25, 0.3) is 0 Å². The maximum absolute atomic E-state index is 2.57. The monoisotopic (exact) mass is 218 g/mol. The molecule has 4 unspecified atom stereocenters. The van der Waals surface area contributed by atoms with Crippen LogP contribution in [0, 0.1) is 40.9 Å². The molecule has 6 rings (SSSR count). The molecule has 0 N–H and O–H groups in total. The van der Waals surface area contributed by atoms with Gasteiger partial charge in [-0.3, -0.25) is 0 Å². The van der Waals surface area contributed by atoms with E-state index in [4.69, 9.17) is 0 Å². The molecule has 90 valence electrons. The molecule has 16 heavy (non-hydrogen) atoms. The van der Waals surface area contributed by atoms with Crippen LogP contribution in [0.3, 0.4) is 0 Å². The molecule has 0 spiro atoms. The van der Waals surface area contributed by atoms with Crippen LogP contribution in [0.15, 0.2) is 0 Å². The lowest BCUT2D eigenvalue weighted by Crippen LogP contribution is -2.57. The zero-order chi connectivity index (χ0) is 10.9. The average Bonchev–Trinajstić information content (AvgIpc) is 2.29. The fraction of sp³-hybridized carbons (Fsp3) is 1.00. The molecular formula is C16H26. The summed E-state index contributed by atoms with van der Waals surface area (Å²) in [7, 11) is 0. The van der Waals surface area contributed by atoms with Crippen LogP contribution < -0.4 is 0 Å². The van der Waals surface area contributed by atoms with Crippen LogP contribution in [-0.4, -0.2) is 0 Å². The van der Waals surface area contributed by atoms with Gasteiger partial charge in [0.25, 0.3) is 0 Å². The molecule has 6 saturated carbocycles. The van der Waals surface area contributed by atoms with E-state index in [9.17, 15) is 0 Å². The van der Waals surface area contributed by atoms with E-state index < -0.39 is 0 Å². The third-order valence-electron chi connectivity index (χ3n) is 7.00. The average molecular weight is 218 g/mol. The fourth-order valence-electron chi connectivity index (χ4n) is 6.59. The van der Waals surface area contributed by atoms with Gasteiger partial charge in [-0.1, -0.05) is 13.8 Å². The van der Waals surface area contributed by atoms with Gasteiger partial charge in [0, 0.05) is 0 Å². The second kappa shape index (κ2) is 3.06. The van der Waals surface area contributed by atoms with Gasteiger partial charge >= 0.3 is 0 Å². The van der Waals surface area contributed by atoms with Crippen molar-refractivity contribution in [3.8, 4) is 0 Å². The van der Waals surface area contributed by atoms with Crippen LogP contribution in [0.2, 0.25) is 0 Å². The lowest BCUT2D eigenvalue weighted by molar-refractivity contribution is -0.157. The van der Waals surface area contributed by atoms with Crippen LogP contribution in [0.5, 0.6) is 0 Å². The lowest BCUT2D eigenvalue weighted by Gasteiger charge is -2.65. The summed E-state index contributed by atoms with van der Waals surface area (Å²) in [6, 6.07) is 0. The second-order valence-corrected chi connectivity index (χ2v) is 7.97. The summed E-state index contributed by atoms with van der Waals surface area (Å²) in [6.45, 7) is 5.14. The minimum absolute atomic E-state index is 0.682. The molecule has 0 nitrogen and oxygen atoms in total. The number of rotatable bonds is 0. The third kappa shape index (κ3) is 1.12. The maximum atomic E-state index is 2.57. The summed E-state index contributed by atoms with van der Waals surface area (Å²) in [6.07, 6.45) is 11.1. The minimum Gasteiger partial charge on any atom is -0.0596 e. The highest BCUT2D eigenvalue weighted by Crippen LogP contribution is 2.66. The van der Waals surface area contributed by atoms with Crippen molar-refractivity contribution in [2.75, 3.05) is 0 Å². The van der Waals surface area contributed by atoms with Crippen molar-refractivity contribution in [3.05, 3.63) is 0 Å². The first-order chi connectivity index (χ1) is 7.67. The van der Waals surface area contributed by atoms with Gasteiger partial charge in [0.2, 0.25) is 0 Å². The largest absolute Gasteiger partial charge is 0.0596 e. The van der Waals surface area contributed by atoms with Crippen LogP contribution in [-0.2, 0) is 0 Å². The highest BCUT2D eigenvalue weighted by molar-refractivity contribution is 5.07. The van der Waals surface area contributed by atoms with Gasteiger partial charge in [0.05, 0.1) is 0 Å². The van der Waals surface area contributed by atoms with Crippen molar-refractivity contribution in [2.45, 2.75) is 58.8 Å². The molecule has 0 radical (unpaired) electrons. The summed E-state index contributed by atoms with van der Waals surface area (Å²) >= 11 is 0. The van der Waals surface area contributed by atoms with E-state index in [1.807, 2.05) is 0 Å². The third-order valence-corrected chi connectivity index (χ3v) is 7.00. The summed E-state index contributed by atoms with van der Waals surface area (Å²) in [5.41, 5.74) is 0.682. The van der Waals surface area contributed by atoms with Crippen molar-refractivity contribution in [2.24, 2.45) is 40.9 Å². The van der Waals surface area contributed by atoms with E-state index in [1.54, 1.807) is 44.9 Å². The van der Waals surface area contributed by atoms with Gasteiger partial charge in [0.1, 0.15) is 0 Å². The zero-order valence-corrected chi connectivity index (χ0v) is 10.9. The predicted octanol–water partition coefficient (Wildman–Crippen LogP) is 4.49. The SMILES string of the molecule is CC1(C)CC2CCC1C1C3CCC(CC3)C21. The molecule has 0 amide bonds. The van der Waals surface area contributed by atoms with Crippen LogP contribution >= 0.6 is 0 Å². The number of fused-ring (bicyclic) bond motifs is 4. The Morgan fingerprint density at radius 2 is 1.25 bits per heavy atom. The topological polar surface area (TPSA) is 0 Å². The van der Waals surface area contributed by atoms with E-state index in [1.165, 1.54) is 5.92 Å². The standard InChI is InChI=1S/C16H26/c1-16(2)9-12-7-8-13(16)15-11-5-3-10(4-6-11)14(12)15/h10-15H,3-9H2,1-2H3. The summed E-state index contributed by atoms with van der Waals surface area (Å²) in [5.74, 6) is 6.85. The Labute approximate surface area is 100 Å². The Kier molecular flexibility index (Phi) is 1.91. The predicted molar refractivity (Wildman–Crippen MR) is 67.0 cm³/mol. The smallest absolute Gasteiger partial charge is 0.0319 e. The highest BCUT2D eigenvalue weighted by atomic mass is 14.6. The maximum Gasteiger partial charge on any atom is -0.0319 e. The highest BCUT2D eigenvalue weighted by Gasteiger charge is 2.58. The zero-order valence-electron chi connectivity index (χ0n) is 10.9. The Bertz CT molecular complexity index is 293. The molecular weight excluding hydrogens is 192 g/mol. The summed E-state index contributed by atoms with van der Waals surface area (Å²) < 4.78 is 0. The van der Waals surface area contributed by atoms with Gasteiger partial charge < -0.3 is 0 Å². The first-order valence-electron chi connectivity index (χ1n) is 7.67. The van der Waals surface area contributed by atoms with E-state index >= 15 is 0 Å². The molecule has 0 aromatic heterocycles. The molecule has 4 atom stereocenters. The molecule has 0 aromatic rings. The van der Waals surface area contributed by atoms with Crippen molar-refractivity contribution in [1.29, 1.82) is 0 Å². The Hall–Kier alpha value is 0. The minimum atomic E-state index is 0.682. The van der Waals surface area contributed by atoms with Gasteiger partial charge in [-0.05, 0) is 85.9 Å². The first-order valence-corrected chi connectivity index (χ1v) is 7.67. The number of hydrogen-bond acceptors (Lipinski definition) is 0. The quantitative estimate of drug-likeness (QED) is 0.562. The summed E-state index contributed by atoms with van der Waals surface area (Å²) in [5, 5.41) is 0. The van der Waals surface area contributed by atoms with E-state index in [0.29, 0.717) is 5.41 Å². The van der Waals surface area contributed by atoms with Gasteiger partial charge in [-0.2, -0.15) is 0 Å².